The highest BCUT2D eigenvalue weighted by atomic mass is 19.2. The maximum atomic E-state index is 13.6. The van der Waals surface area contributed by atoms with Crippen LogP contribution in [0.15, 0.2) is 36.4 Å². The highest BCUT2D eigenvalue weighted by Crippen LogP contribution is 2.25. The van der Waals surface area contributed by atoms with Crippen molar-refractivity contribution in [3.05, 3.63) is 59.4 Å². The third-order valence-electron chi connectivity index (χ3n) is 4.07. The quantitative estimate of drug-likeness (QED) is 0.528. The molecule has 7 nitrogen and oxygen atoms in total. The zero-order chi connectivity index (χ0) is 22.4. The van der Waals surface area contributed by atoms with E-state index in [0.29, 0.717) is 23.5 Å². The molecule has 2 amide bonds. The molecular weight excluding hydrogens is 403 g/mol. The molecule has 0 aliphatic rings. The Morgan fingerprint density at radius 2 is 1.50 bits per heavy atom. The van der Waals surface area contributed by atoms with Crippen LogP contribution in [-0.4, -0.2) is 43.4 Å². The minimum absolute atomic E-state index is 0.201. The van der Waals surface area contributed by atoms with Crippen LogP contribution in [0.25, 0.3) is 0 Å². The Bertz CT molecular complexity index is 928. The lowest BCUT2D eigenvalue weighted by atomic mass is 10.0. The molecular formula is C20H20F3N3O4. The topological polar surface area (TPSA) is 87.7 Å². The molecule has 0 radical (unpaired) electrons. The third-order valence-corrected chi connectivity index (χ3v) is 4.07. The minimum Gasteiger partial charge on any atom is -0.468 e. The maximum absolute atomic E-state index is 13.6. The van der Waals surface area contributed by atoms with Crippen molar-refractivity contribution in [1.82, 2.24) is 4.90 Å². The molecule has 0 aliphatic heterocycles. The molecule has 10 heteroatoms. The summed E-state index contributed by atoms with van der Waals surface area (Å²) in [7, 11) is 2.45. The fourth-order valence-corrected chi connectivity index (χ4v) is 2.77. The Balaban J connectivity index is 2.13. The summed E-state index contributed by atoms with van der Waals surface area (Å²) < 4.78 is 45.1. The van der Waals surface area contributed by atoms with Gasteiger partial charge in [-0.1, -0.05) is 0 Å². The Hall–Kier alpha value is -3.40. The molecule has 0 saturated carbocycles. The molecule has 0 heterocycles. The molecule has 0 aromatic heterocycles. The van der Waals surface area contributed by atoms with Crippen LogP contribution in [0.3, 0.4) is 0 Å². The summed E-state index contributed by atoms with van der Waals surface area (Å²) in [6.45, 7) is 1.02. The lowest BCUT2D eigenvalue weighted by molar-refractivity contribution is -0.147. The Morgan fingerprint density at radius 1 is 1.00 bits per heavy atom. The van der Waals surface area contributed by atoms with Gasteiger partial charge in [0.25, 0.3) is 0 Å². The molecule has 2 aromatic carbocycles. The number of rotatable bonds is 7. The average Bonchev–Trinajstić information content (AvgIpc) is 2.67. The first-order valence-electron chi connectivity index (χ1n) is 8.72. The smallest absolute Gasteiger partial charge is 0.327 e. The molecule has 160 valence electrons. The van der Waals surface area contributed by atoms with Gasteiger partial charge in [-0.25, -0.2) is 18.0 Å². The van der Waals surface area contributed by atoms with Gasteiger partial charge in [-0.15, -0.1) is 0 Å². The molecule has 0 aliphatic carbocycles. The summed E-state index contributed by atoms with van der Waals surface area (Å²) in [5.41, 5.74) is 0.771. The molecule has 2 N–H and O–H groups in total. The van der Waals surface area contributed by atoms with Crippen LogP contribution in [-0.2, 0) is 19.1 Å². The molecule has 0 spiro atoms. The SMILES string of the molecule is COC(=O)C(c1cc(F)c(F)c(F)c1)N(C)CC(=O)Nc1ccc(NC(C)=O)cc1. The summed E-state index contributed by atoms with van der Waals surface area (Å²) in [4.78, 5) is 36.7. The Kier molecular flexibility index (Phi) is 7.54. The molecule has 1 atom stereocenters. The van der Waals surface area contributed by atoms with Crippen molar-refractivity contribution >= 4 is 29.2 Å². The van der Waals surface area contributed by atoms with E-state index in [1.807, 2.05) is 0 Å². The van der Waals surface area contributed by atoms with E-state index in [4.69, 9.17) is 0 Å². The van der Waals surface area contributed by atoms with Crippen LogP contribution in [0.1, 0.15) is 18.5 Å². The van der Waals surface area contributed by atoms with Gasteiger partial charge in [0.05, 0.1) is 13.7 Å². The zero-order valence-corrected chi connectivity index (χ0v) is 16.5. The number of esters is 1. The van der Waals surface area contributed by atoms with Crippen molar-refractivity contribution in [3.63, 3.8) is 0 Å². The molecule has 2 rings (SSSR count). The van der Waals surface area contributed by atoms with E-state index < -0.39 is 35.4 Å². The number of anilines is 2. The van der Waals surface area contributed by atoms with Crippen LogP contribution in [0.2, 0.25) is 0 Å². The normalized spacial score (nSPS) is 11.7. The average molecular weight is 423 g/mol. The van der Waals surface area contributed by atoms with Gasteiger partial charge < -0.3 is 15.4 Å². The third kappa shape index (κ3) is 5.80. The van der Waals surface area contributed by atoms with Crippen LogP contribution < -0.4 is 10.6 Å². The highest BCUT2D eigenvalue weighted by Gasteiger charge is 2.29. The second-order valence-electron chi connectivity index (χ2n) is 6.45. The predicted molar refractivity (Wildman–Crippen MR) is 103 cm³/mol. The van der Waals surface area contributed by atoms with E-state index in [9.17, 15) is 27.6 Å². The van der Waals surface area contributed by atoms with E-state index in [1.54, 1.807) is 24.3 Å². The zero-order valence-electron chi connectivity index (χ0n) is 16.5. The number of methoxy groups -OCH3 is 1. The first-order chi connectivity index (χ1) is 14.1. The Morgan fingerprint density at radius 3 is 1.97 bits per heavy atom. The van der Waals surface area contributed by atoms with Crippen molar-refractivity contribution in [2.45, 2.75) is 13.0 Å². The fourth-order valence-electron chi connectivity index (χ4n) is 2.77. The first-order valence-corrected chi connectivity index (χ1v) is 8.72. The molecule has 2 aromatic rings. The largest absolute Gasteiger partial charge is 0.468 e. The molecule has 0 bridgehead atoms. The summed E-state index contributed by atoms with van der Waals surface area (Å²) >= 11 is 0. The molecule has 0 fully saturated rings. The van der Waals surface area contributed by atoms with E-state index in [1.165, 1.54) is 18.9 Å². The lowest BCUT2D eigenvalue weighted by Gasteiger charge is -2.26. The van der Waals surface area contributed by atoms with Crippen LogP contribution in [0.5, 0.6) is 0 Å². The number of hydrogen-bond donors (Lipinski definition) is 2. The van der Waals surface area contributed by atoms with Crippen molar-refractivity contribution in [3.8, 4) is 0 Å². The van der Waals surface area contributed by atoms with E-state index in [2.05, 4.69) is 15.4 Å². The van der Waals surface area contributed by atoms with Gasteiger partial charge in [0.2, 0.25) is 11.8 Å². The number of ether oxygens (including phenoxy) is 1. The number of carbonyl (C=O) groups excluding carboxylic acids is 3. The van der Waals surface area contributed by atoms with E-state index >= 15 is 0 Å². The van der Waals surface area contributed by atoms with Crippen molar-refractivity contribution < 1.29 is 32.3 Å². The minimum atomic E-state index is -1.66. The molecule has 30 heavy (non-hydrogen) atoms. The number of likely N-dealkylation sites (N-methyl/N-ethyl adjacent to an activating group) is 1. The lowest BCUT2D eigenvalue weighted by Crippen LogP contribution is -2.37. The number of amides is 2. The van der Waals surface area contributed by atoms with Crippen LogP contribution in [0, 0.1) is 17.5 Å². The Labute approximate surface area is 170 Å². The van der Waals surface area contributed by atoms with Crippen molar-refractivity contribution in [1.29, 1.82) is 0 Å². The standard InChI is InChI=1S/C20H20F3N3O4/c1-11(27)24-13-4-6-14(7-5-13)25-17(28)10-26(2)19(20(29)30-3)12-8-15(21)18(23)16(22)9-12/h4-9,19H,10H2,1-3H3,(H,24,27)(H,25,28). The van der Waals surface area contributed by atoms with E-state index in [-0.39, 0.29) is 18.0 Å². The van der Waals surface area contributed by atoms with Gasteiger partial charge in [0.1, 0.15) is 6.04 Å². The first kappa shape index (κ1) is 22.9. The maximum Gasteiger partial charge on any atom is 0.327 e. The van der Waals surface area contributed by atoms with Crippen molar-refractivity contribution in [2.24, 2.45) is 0 Å². The van der Waals surface area contributed by atoms with Gasteiger partial charge in [-0.3, -0.25) is 14.5 Å². The fraction of sp³-hybridized carbons (Fsp3) is 0.250. The van der Waals surface area contributed by atoms with Gasteiger partial charge in [-0.2, -0.15) is 0 Å². The summed E-state index contributed by atoms with van der Waals surface area (Å²) in [5.74, 6) is -6.23. The summed E-state index contributed by atoms with van der Waals surface area (Å²) in [5, 5.41) is 5.18. The van der Waals surface area contributed by atoms with Gasteiger partial charge in [0, 0.05) is 18.3 Å². The number of hydrogen-bond acceptors (Lipinski definition) is 5. The molecule has 1 unspecified atom stereocenters. The number of halogens is 3. The number of benzene rings is 2. The number of carbonyl (C=O) groups is 3. The second kappa shape index (κ2) is 9.88. The summed E-state index contributed by atoms with van der Waals surface area (Å²) in [6.07, 6.45) is 0. The van der Waals surface area contributed by atoms with Gasteiger partial charge in [0.15, 0.2) is 17.5 Å². The monoisotopic (exact) mass is 423 g/mol. The molecule has 0 saturated heterocycles. The second-order valence-corrected chi connectivity index (χ2v) is 6.45. The summed E-state index contributed by atoms with van der Waals surface area (Å²) in [6, 6.07) is 6.30. The number of nitrogens with zero attached hydrogens (tertiary/aromatic N) is 1. The van der Waals surface area contributed by atoms with Gasteiger partial charge in [-0.05, 0) is 49.0 Å². The highest BCUT2D eigenvalue weighted by molar-refractivity contribution is 5.93. The van der Waals surface area contributed by atoms with Gasteiger partial charge >= 0.3 is 5.97 Å². The van der Waals surface area contributed by atoms with Crippen LogP contribution in [0.4, 0.5) is 24.5 Å². The number of nitrogens with one attached hydrogen (secondary N) is 2. The van der Waals surface area contributed by atoms with E-state index in [0.717, 1.165) is 7.11 Å². The van der Waals surface area contributed by atoms with Crippen molar-refractivity contribution in [2.75, 3.05) is 31.3 Å². The van der Waals surface area contributed by atoms with Crippen LogP contribution >= 0.6 is 0 Å². The predicted octanol–water partition coefficient (Wildman–Crippen LogP) is 2.85.